The van der Waals surface area contributed by atoms with E-state index in [-0.39, 0.29) is 12.6 Å². The maximum absolute atomic E-state index is 9.43. The zero-order chi connectivity index (χ0) is 14.1. The molecule has 1 unspecified atom stereocenters. The Morgan fingerprint density at radius 2 is 1.83 bits per heavy atom. The Labute approximate surface area is 109 Å². The van der Waals surface area contributed by atoms with Gasteiger partial charge < -0.3 is 21.1 Å². The third kappa shape index (κ3) is 7.61. The van der Waals surface area contributed by atoms with E-state index in [1.54, 1.807) is 12.1 Å². The molecule has 0 aliphatic carbocycles. The Kier molecular flexibility index (Phi) is 7.69. The molecule has 0 saturated carbocycles. The number of carboxylic acid groups (broad SMARTS) is 2. The zero-order valence-electron chi connectivity index (χ0n) is 9.41. The van der Waals surface area contributed by atoms with Crippen molar-refractivity contribution in [3.63, 3.8) is 0 Å². The quantitative estimate of drug-likeness (QED) is 0.605. The molecule has 1 rings (SSSR count). The second-order valence-electron chi connectivity index (χ2n) is 3.31. The van der Waals surface area contributed by atoms with Crippen molar-refractivity contribution < 1.29 is 24.9 Å². The molecule has 0 aliphatic rings. The zero-order valence-corrected chi connectivity index (χ0v) is 10.2. The lowest BCUT2D eigenvalue weighted by Gasteiger charge is -2.07. The van der Waals surface area contributed by atoms with Crippen LogP contribution in [0.15, 0.2) is 24.3 Å². The molecular formula is C11H14ClNO5. The molecule has 0 aliphatic heterocycles. The summed E-state index contributed by atoms with van der Waals surface area (Å²) in [5.74, 6) is -2.62. The topological polar surface area (TPSA) is 121 Å². The van der Waals surface area contributed by atoms with Crippen LogP contribution in [-0.4, -0.2) is 33.9 Å². The molecule has 0 radical (unpaired) electrons. The molecule has 0 bridgehead atoms. The third-order valence-electron chi connectivity index (χ3n) is 1.78. The van der Waals surface area contributed by atoms with Crippen LogP contribution in [0.1, 0.15) is 18.0 Å². The van der Waals surface area contributed by atoms with Gasteiger partial charge in [-0.1, -0.05) is 23.7 Å². The number of hydrogen-bond donors (Lipinski definition) is 4. The van der Waals surface area contributed by atoms with Gasteiger partial charge >= 0.3 is 11.9 Å². The van der Waals surface area contributed by atoms with Crippen LogP contribution in [0.5, 0.6) is 0 Å². The van der Waals surface area contributed by atoms with Gasteiger partial charge in [0.1, 0.15) is 6.42 Å². The van der Waals surface area contributed by atoms with E-state index in [2.05, 4.69) is 0 Å². The Hall–Kier alpha value is -1.63. The first-order valence-electron chi connectivity index (χ1n) is 4.92. The summed E-state index contributed by atoms with van der Waals surface area (Å²) in [5.41, 5.74) is 6.42. The van der Waals surface area contributed by atoms with Gasteiger partial charge in [-0.3, -0.25) is 9.59 Å². The van der Waals surface area contributed by atoms with Gasteiger partial charge in [-0.25, -0.2) is 0 Å². The molecule has 18 heavy (non-hydrogen) atoms. The molecule has 0 amide bonds. The molecule has 0 spiro atoms. The molecule has 1 aromatic rings. The molecule has 5 N–H and O–H groups in total. The van der Waals surface area contributed by atoms with Crippen molar-refractivity contribution in [2.75, 3.05) is 6.61 Å². The molecule has 1 atom stereocenters. The van der Waals surface area contributed by atoms with Crippen LogP contribution in [0, 0.1) is 0 Å². The van der Waals surface area contributed by atoms with Crippen molar-refractivity contribution in [1.82, 2.24) is 0 Å². The van der Waals surface area contributed by atoms with E-state index in [0.29, 0.717) is 5.02 Å². The monoisotopic (exact) mass is 275 g/mol. The average molecular weight is 276 g/mol. The van der Waals surface area contributed by atoms with Crippen molar-refractivity contribution in [2.45, 2.75) is 12.5 Å². The molecule has 100 valence electrons. The minimum Gasteiger partial charge on any atom is -0.481 e. The highest BCUT2D eigenvalue weighted by atomic mass is 35.5. The predicted molar refractivity (Wildman–Crippen MR) is 65.4 cm³/mol. The number of rotatable bonds is 4. The first kappa shape index (κ1) is 16.4. The standard InChI is InChI=1S/C8H10ClNO.C3H4O4/c9-7-3-1-2-6(4-7)8(10)5-11;4-2(5)1-3(6)7/h1-4,8,11H,5,10H2;1H2,(H,4,5)(H,6,7). The van der Waals surface area contributed by atoms with Crippen molar-refractivity contribution in [1.29, 1.82) is 0 Å². The highest BCUT2D eigenvalue weighted by Crippen LogP contribution is 2.15. The van der Waals surface area contributed by atoms with Crippen molar-refractivity contribution in [3.8, 4) is 0 Å². The number of carbonyl (C=O) groups is 2. The Bertz CT molecular complexity index is 398. The van der Waals surface area contributed by atoms with E-state index >= 15 is 0 Å². The molecule has 6 nitrogen and oxygen atoms in total. The van der Waals surface area contributed by atoms with Gasteiger partial charge in [-0.15, -0.1) is 0 Å². The largest absolute Gasteiger partial charge is 0.481 e. The highest BCUT2D eigenvalue weighted by molar-refractivity contribution is 6.30. The van der Waals surface area contributed by atoms with Gasteiger partial charge in [0.25, 0.3) is 0 Å². The number of halogens is 1. The lowest BCUT2D eigenvalue weighted by atomic mass is 10.1. The first-order valence-corrected chi connectivity index (χ1v) is 5.30. The molecule has 7 heteroatoms. The Balaban J connectivity index is 0.000000360. The number of aliphatic hydroxyl groups is 1. The summed E-state index contributed by atoms with van der Waals surface area (Å²) < 4.78 is 0. The minimum absolute atomic E-state index is 0.0552. The summed E-state index contributed by atoms with van der Waals surface area (Å²) in [6.45, 7) is -0.0552. The smallest absolute Gasteiger partial charge is 0.314 e. The van der Waals surface area contributed by atoms with Gasteiger partial charge in [0.05, 0.1) is 12.6 Å². The predicted octanol–water partition coefficient (Wildman–Crippen LogP) is 0.878. The highest BCUT2D eigenvalue weighted by Gasteiger charge is 2.03. The molecular weight excluding hydrogens is 262 g/mol. The van der Waals surface area contributed by atoms with Crippen LogP contribution in [0.25, 0.3) is 0 Å². The lowest BCUT2D eigenvalue weighted by molar-refractivity contribution is -0.147. The normalized spacial score (nSPS) is 11.1. The summed E-state index contributed by atoms with van der Waals surface area (Å²) in [7, 11) is 0. The molecule has 0 aromatic heterocycles. The third-order valence-corrected chi connectivity index (χ3v) is 2.01. The molecule has 0 fully saturated rings. The summed E-state index contributed by atoms with van der Waals surface area (Å²) in [6, 6.07) is 6.85. The average Bonchev–Trinajstić information content (AvgIpc) is 2.27. The maximum Gasteiger partial charge on any atom is 0.314 e. The van der Waals surface area contributed by atoms with Gasteiger partial charge in [0.2, 0.25) is 0 Å². The fraction of sp³-hybridized carbons (Fsp3) is 0.273. The second-order valence-corrected chi connectivity index (χ2v) is 3.74. The Morgan fingerprint density at radius 3 is 2.17 bits per heavy atom. The minimum atomic E-state index is -1.31. The van der Waals surface area contributed by atoms with E-state index in [9.17, 15) is 9.59 Å². The van der Waals surface area contributed by atoms with Crippen molar-refractivity contribution in [3.05, 3.63) is 34.9 Å². The summed E-state index contributed by atoms with van der Waals surface area (Å²) in [4.78, 5) is 18.9. The van der Waals surface area contributed by atoms with E-state index in [0.717, 1.165) is 5.56 Å². The fourth-order valence-corrected chi connectivity index (χ4v) is 1.17. The van der Waals surface area contributed by atoms with Gasteiger partial charge in [0.15, 0.2) is 0 Å². The van der Waals surface area contributed by atoms with E-state index < -0.39 is 18.4 Å². The van der Waals surface area contributed by atoms with Gasteiger partial charge in [0, 0.05) is 5.02 Å². The van der Waals surface area contributed by atoms with Gasteiger partial charge in [-0.2, -0.15) is 0 Å². The molecule has 0 heterocycles. The number of aliphatic hydroxyl groups excluding tert-OH is 1. The van der Waals surface area contributed by atoms with Crippen LogP contribution in [0.2, 0.25) is 5.02 Å². The van der Waals surface area contributed by atoms with Crippen LogP contribution >= 0.6 is 11.6 Å². The van der Waals surface area contributed by atoms with E-state index in [1.807, 2.05) is 12.1 Å². The number of carboxylic acids is 2. The first-order chi connectivity index (χ1) is 8.36. The van der Waals surface area contributed by atoms with Crippen molar-refractivity contribution >= 4 is 23.5 Å². The molecule has 1 aromatic carbocycles. The molecule has 0 saturated heterocycles. The number of benzene rings is 1. The van der Waals surface area contributed by atoms with Crippen LogP contribution in [0.3, 0.4) is 0 Å². The summed E-state index contributed by atoms with van der Waals surface area (Å²) >= 11 is 5.71. The van der Waals surface area contributed by atoms with Crippen LogP contribution < -0.4 is 5.73 Å². The maximum atomic E-state index is 9.43. The SMILES string of the molecule is NC(CO)c1cccc(Cl)c1.O=C(O)CC(=O)O. The van der Waals surface area contributed by atoms with E-state index in [4.69, 9.17) is 32.7 Å². The second kappa shape index (κ2) is 8.46. The lowest BCUT2D eigenvalue weighted by Crippen LogP contribution is -2.14. The number of hydrogen-bond acceptors (Lipinski definition) is 4. The van der Waals surface area contributed by atoms with Crippen molar-refractivity contribution in [2.24, 2.45) is 5.73 Å². The van der Waals surface area contributed by atoms with Gasteiger partial charge in [-0.05, 0) is 17.7 Å². The number of nitrogens with two attached hydrogens (primary N) is 1. The Morgan fingerprint density at radius 1 is 1.28 bits per heavy atom. The summed E-state index contributed by atoms with van der Waals surface area (Å²) in [6.07, 6.45) is -0.806. The van der Waals surface area contributed by atoms with E-state index in [1.165, 1.54) is 0 Å². The van der Waals surface area contributed by atoms with Crippen LogP contribution in [0.4, 0.5) is 0 Å². The number of aliphatic carboxylic acids is 2. The van der Waals surface area contributed by atoms with Crippen LogP contribution in [-0.2, 0) is 9.59 Å². The fourth-order valence-electron chi connectivity index (χ4n) is 0.972. The summed E-state index contributed by atoms with van der Waals surface area (Å²) in [5, 5.41) is 24.8.